The Morgan fingerprint density at radius 3 is 1.12 bits per heavy atom. The number of carboxylic acid groups (broad SMARTS) is 3. The molecule has 3 unspecified atom stereocenters. The van der Waals surface area contributed by atoms with Gasteiger partial charge in [0.25, 0.3) is 17.4 Å². The lowest BCUT2D eigenvalue weighted by Gasteiger charge is -2.53. The molecule has 7 heterocycles. The number of carbonyl (C=O) groups is 8. The van der Waals surface area contributed by atoms with Gasteiger partial charge in [-0.05, 0) is 19.8 Å². The molecule has 0 bridgehead atoms. The van der Waals surface area contributed by atoms with Crippen molar-refractivity contribution in [3.05, 3.63) is 0 Å². The molecule has 854 valence electrons. The Bertz CT molecular complexity index is 3860. The van der Waals surface area contributed by atoms with E-state index in [0.29, 0.717) is 12.8 Å². The van der Waals surface area contributed by atoms with Crippen LogP contribution in [0.3, 0.4) is 0 Å². The number of aliphatic hydroxyl groups excluding tert-OH is 22. The summed E-state index contributed by atoms with van der Waals surface area (Å²) in [5, 5.41) is 296. The monoisotopic (exact) mass is 2130 g/mol. The molecule has 7 saturated heterocycles. The van der Waals surface area contributed by atoms with Gasteiger partial charge in [0.15, 0.2) is 25.2 Å². The van der Waals surface area contributed by atoms with E-state index in [4.69, 9.17) is 66.3 Å². The minimum absolute atomic E-state index is 0.0800. The number of rotatable bonds is 68. The van der Waals surface area contributed by atoms with Crippen molar-refractivity contribution in [2.45, 2.75) is 497 Å². The number of hydrogen-bond acceptors (Lipinski definition) is 44. The van der Waals surface area contributed by atoms with Crippen molar-refractivity contribution in [2.75, 3.05) is 52.9 Å². The number of Topliss-reactive ketones (excluding diaryl/α,β-unsaturated/α-hetero) is 1. The predicted octanol–water partition coefficient (Wildman–Crippen LogP) is -5.38. The number of carboxylic acids is 3. The first-order valence-electron chi connectivity index (χ1n) is 51.9. The molecule has 0 aromatic heterocycles. The van der Waals surface area contributed by atoms with Crippen LogP contribution in [-0.4, -0.2) is 465 Å². The van der Waals surface area contributed by atoms with E-state index in [1.807, 2.05) is 0 Å². The Hall–Kier alpha value is -5.48. The minimum Gasteiger partial charge on any atom is -0.477 e. The molecule has 7 aliphatic rings. The van der Waals surface area contributed by atoms with E-state index in [0.717, 1.165) is 105 Å². The normalized spacial score (nSPS) is 35.5. The van der Waals surface area contributed by atoms with Gasteiger partial charge < -0.3 is 220 Å². The van der Waals surface area contributed by atoms with E-state index in [9.17, 15) is 166 Å². The van der Waals surface area contributed by atoms with Gasteiger partial charge in [0.2, 0.25) is 23.6 Å². The van der Waals surface area contributed by atoms with Gasteiger partial charge in [-0.25, -0.2) is 14.4 Å². The second-order valence-electron chi connectivity index (χ2n) is 39.9. The number of ketones is 1. The molecule has 0 aromatic carbocycles. The van der Waals surface area contributed by atoms with Crippen LogP contribution >= 0.6 is 0 Å². The SMILES string of the molecule is CCCCCCCCCCCCCCCCCC(=O)N[C@@H](CO[C@@H]1O[C@H](CO)[C@@H](O[C@@H]2O[C@H](CO)[C@H](O[C@@H]3O[C@H](CO)[C@H](O)[C@H](O[C@@H]4O[C@H](CO)[C@H](O)[C@H](O)[C@H]4O)[C@H]3CC(C)=O)[C@H](O[C@]3(C(=O)O)C[C@H](O)[C@@H](NC(C)=O)C([C@H](O)[C@@H](CO)O[C@]4(C(=O)O)C[C@H](O)[C@@H](NC(C)=O)C([C@H](O)[C@@H](CO)O[C@]5(C(=O)O)C[C@H](O)[C@@H](NC(C)=O)C([C@H](O)[C@H](O)CO)O5)O4)O3)[C@H]2O)[C@H](O)[C@H]1O)[C@H](O)CCCCCCCCCCCCCCC. The molecule has 51 heteroatoms. The average Bonchev–Trinajstić information content (AvgIpc) is 0.739. The molecule has 51 nitrogen and oxygen atoms in total. The van der Waals surface area contributed by atoms with Crippen LogP contribution in [0.1, 0.15) is 260 Å². The summed E-state index contributed by atoms with van der Waals surface area (Å²) in [5.74, 6) is -24.2. The fraction of sp³-hybridized carbons (Fsp3) is 0.917. The second kappa shape index (κ2) is 63.5. The van der Waals surface area contributed by atoms with Crippen molar-refractivity contribution in [3.63, 3.8) is 0 Å². The molecule has 0 saturated carbocycles. The Kier molecular flexibility index (Phi) is 55.5. The summed E-state index contributed by atoms with van der Waals surface area (Å²) in [6, 6.07) is -7.36. The zero-order valence-electron chi connectivity index (χ0n) is 84.7. The van der Waals surface area contributed by atoms with Crippen LogP contribution in [-0.2, 0) is 105 Å². The van der Waals surface area contributed by atoms with E-state index < -0.39 is 369 Å². The van der Waals surface area contributed by atoms with E-state index in [1.54, 1.807) is 0 Å². The summed E-state index contributed by atoms with van der Waals surface area (Å²) in [6.45, 7) is -2.08. The first kappa shape index (κ1) is 128. The second-order valence-corrected chi connectivity index (χ2v) is 39.9. The standard InChI is InChI=1S/C96H168N4O47/c1-7-9-11-13-15-17-19-21-22-24-26-28-30-32-34-36-66(117)100-54(55(112)35-33-31-29-27-25-23-20-18-16-14-12-10-8-2)48-134-88-78(126)76(124)81(64(46-106)137-88)140-90-79(127)86(82(65(47-107)138-90)141-87-53(37-49(3)108)80(72(120)61(43-103)135-87)139-89-77(125)75(123)71(119)60(42-102)136-89)147-96(93(132)133)40-58(115)69(99-52(6)111)85(146-96)74(122)63(45-105)143-95(92(130)131)39-57(114)68(98-51(5)110)84(145-95)73(121)62(44-104)142-94(91(128)129)38-56(113)67(97-50(4)109)83(144-94)70(118)59(116)41-101/h53-65,67-90,101-107,112-116,118-127H,7-48H2,1-6H3,(H,97,109)(H,98,110)(H,99,111)(H,100,117)(H,128,129)(H,130,131)(H,132,133)/t53-,54+,55-,56+,57+,58+,59-,60-,61-,62-,63-,64-,65-,67-,68-,69-,70-,71+,72+,73-,74-,75+,76-,77-,78-,79-,80-,81-,82+,83?,84?,85?,86-,87+,88-,89+,90+,94-,95-,96+/m1/s1. The highest BCUT2D eigenvalue weighted by molar-refractivity contribution is 5.79. The van der Waals surface area contributed by atoms with Crippen LogP contribution in [0.25, 0.3) is 0 Å². The summed E-state index contributed by atoms with van der Waals surface area (Å²) in [6.07, 6.45) is -48.7. The Morgan fingerprint density at radius 1 is 0.361 bits per heavy atom. The molecule has 7 aliphatic heterocycles. The zero-order chi connectivity index (χ0) is 109. The molecule has 0 aliphatic carbocycles. The van der Waals surface area contributed by atoms with E-state index in [1.165, 1.54) is 89.9 Å². The van der Waals surface area contributed by atoms with Crippen LogP contribution in [0, 0.1) is 5.92 Å². The number of amides is 4. The summed E-state index contributed by atoms with van der Waals surface area (Å²) >= 11 is 0. The molecular formula is C96H168N4O47. The Balaban J connectivity index is 1.23. The van der Waals surface area contributed by atoms with E-state index in [2.05, 4.69) is 35.1 Å². The maximum atomic E-state index is 14.7. The van der Waals surface area contributed by atoms with Crippen LogP contribution in [0.5, 0.6) is 0 Å². The molecular weight excluding hydrogens is 1960 g/mol. The topological polar surface area (TPSA) is 820 Å². The van der Waals surface area contributed by atoms with Crippen molar-refractivity contribution in [2.24, 2.45) is 5.92 Å². The first-order valence-corrected chi connectivity index (χ1v) is 51.9. The van der Waals surface area contributed by atoms with Gasteiger partial charge in [0.1, 0.15) is 146 Å². The third-order valence-electron chi connectivity index (χ3n) is 28.2. The van der Waals surface area contributed by atoms with Crippen molar-refractivity contribution < 1.29 is 232 Å². The molecule has 0 aromatic rings. The van der Waals surface area contributed by atoms with Gasteiger partial charge in [-0.2, -0.15) is 0 Å². The van der Waals surface area contributed by atoms with Crippen LogP contribution < -0.4 is 21.3 Å². The van der Waals surface area contributed by atoms with Gasteiger partial charge in [-0.1, -0.05) is 187 Å². The number of ether oxygens (including phenoxy) is 14. The molecule has 147 heavy (non-hydrogen) atoms. The minimum atomic E-state index is -3.81. The predicted molar refractivity (Wildman–Crippen MR) is 502 cm³/mol. The van der Waals surface area contributed by atoms with Gasteiger partial charge in [-0.15, -0.1) is 0 Å². The fourth-order valence-electron chi connectivity index (χ4n) is 20.0. The zero-order valence-corrected chi connectivity index (χ0v) is 84.7. The van der Waals surface area contributed by atoms with Crippen LogP contribution in [0.15, 0.2) is 0 Å². The van der Waals surface area contributed by atoms with E-state index >= 15 is 0 Å². The Labute approximate surface area is 853 Å². The maximum Gasteiger partial charge on any atom is 0.364 e. The number of aliphatic carboxylic acids is 3. The van der Waals surface area contributed by atoms with Crippen molar-refractivity contribution in [1.82, 2.24) is 21.3 Å². The number of unbranched alkanes of at least 4 members (excludes halogenated alkanes) is 26. The van der Waals surface area contributed by atoms with Crippen molar-refractivity contribution in [3.8, 4) is 0 Å². The summed E-state index contributed by atoms with van der Waals surface area (Å²) in [4.78, 5) is 108. The number of hydrogen-bond donors (Lipinski definition) is 29. The lowest BCUT2D eigenvalue weighted by atomic mass is 9.86. The molecule has 29 N–H and O–H groups in total. The van der Waals surface area contributed by atoms with Crippen molar-refractivity contribution in [1.29, 1.82) is 0 Å². The third-order valence-corrected chi connectivity index (χ3v) is 28.2. The quantitative estimate of drug-likeness (QED) is 0.0253. The summed E-state index contributed by atoms with van der Waals surface area (Å²) in [5.41, 5.74) is 0. The van der Waals surface area contributed by atoms with Crippen LogP contribution in [0.4, 0.5) is 0 Å². The van der Waals surface area contributed by atoms with Gasteiger partial charge >= 0.3 is 17.9 Å². The maximum absolute atomic E-state index is 14.7. The first-order chi connectivity index (χ1) is 69.9. The third kappa shape index (κ3) is 36.3. The highest BCUT2D eigenvalue weighted by Gasteiger charge is 2.66. The van der Waals surface area contributed by atoms with Gasteiger partial charge in [0, 0.05) is 58.8 Å². The van der Waals surface area contributed by atoms with Crippen LogP contribution in [0.2, 0.25) is 0 Å². The van der Waals surface area contributed by atoms with E-state index in [-0.39, 0.29) is 12.8 Å². The highest BCUT2D eigenvalue weighted by Crippen LogP contribution is 2.46. The number of nitrogens with one attached hydrogen (secondary N) is 4. The summed E-state index contributed by atoms with van der Waals surface area (Å²) in [7, 11) is 0. The molecule has 7 fully saturated rings. The fourth-order valence-corrected chi connectivity index (χ4v) is 20.0. The number of carbonyl (C=O) groups excluding carboxylic acids is 5. The summed E-state index contributed by atoms with van der Waals surface area (Å²) < 4.78 is 84.5. The molecule has 4 amide bonds. The largest absolute Gasteiger partial charge is 0.477 e. The molecule has 7 rings (SSSR count). The lowest BCUT2D eigenvalue weighted by Crippen LogP contribution is -2.72. The van der Waals surface area contributed by atoms with Crippen molar-refractivity contribution >= 4 is 47.3 Å². The van der Waals surface area contributed by atoms with Gasteiger partial charge in [0.05, 0.1) is 108 Å². The molecule has 0 spiro atoms. The number of aliphatic hydroxyl groups is 22. The molecule has 40 atom stereocenters. The Morgan fingerprint density at radius 2 is 0.714 bits per heavy atom. The average molecular weight is 2130 g/mol. The smallest absolute Gasteiger partial charge is 0.364 e. The van der Waals surface area contributed by atoms with Gasteiger partial charge in [-0.3, -0.25) is 19.2 Å². The lowest BCUT2D eigenvalue weighted by molar-refractivity contribution is -0.407. The molecule has 0 radical (unpaired) electrons. The highest BCUT2D eigenvalue weighted by atomic mass is 16.8.